The molecule has 2 aromatic carbocycles. The number of aryl methyl sites for hydroxylation is 1. The van der Waals surface area contributed by atoms with Crippen molar-refractivity contribution in [1.82, 2.24) is 0 Å². The normalized spacial score (nSPS) is 11.9. The molecule has 0 aliphatic heterocycles. The maximum Gasteiger partial charge on any atom is 0.116 e. The van der Waals surface area contributed by atoms with E-state index in [1.165, 1.54) is 23.8 Å². The van der Waals surface area contributed by atoms with E-state index in [2.05, 4.69) is 39.0 Å². The molecule has 0 atom stereocenters. The number of hydrogen-bond acceptors (Lipinski definition) is 1. The molecule has 0 saturated heterocycles. The fourth-order valence-electron chi connectivity index (χ4n) is 2.21. The Hall–Kier alpha value is -1.50. The van der Waals surface area contributed by atoms with E-state index in [4.69, 9.17) is 0 Å². The van der Waals surface area contributed by atoms with Crippen LogP contribution >= 0.6 is 0 Å². The van der Waals surface area contributed by atoms with Crippen molar-refractivity contribution in [2.75, 3.05) is 0 Å². The van der Waals surface area contributed by atoms with Crippen molar-refractivity contribution in [2.45, 2.75) is 40.0 Å². The fraction of sp³-hybridized carbons (Fsp3) is 0.412. The second-order valence-corrected chi connectivity index (χ2v) is 5.84. The molecule has 0 unspecified atom stereocenters. The maximum absolute atomic E-state index is 9.52. The molecular formula is C17H22O. The third-order valence-corrected chi connectivity index (χ3v) is 3.98. The SMILES string of the molecule is CCC(C)(C)CCc1cccc2cc(O)ccc12. The summed E-state index contributed by atoms with van der Waals surface area (Å²) >= 11 is 0. The second-order valence-electron chi connectivity index (χ2n) is 5.84. The van der Waals surface area contributed by atoms with Gasteiger partial charge in [-0.1, -0.05) is 51.5 Å². The van der Waals surface area contributed by atoms with Crippen molar-refractivity contribution in [3.05, 3.63) is 42.0 Å². The van der Waals surface area contributed by atoms with Gasteiger partial charge in [0.1, 0.15) is 5.75 Å². The van der Waals surface area contributed by atoms with Crippen LogP contribution in [0, 0.1) is 5.41 Å². The summed E-state index contributed by atoms with van der Waals surface area (Å²) in [6.07, 6.45) is 3.50. The first kappa shape index (κ1) is 12.9. The van der Waals surface area contributed by atoms with Gasteiger partial charge in [-0.2, -0.15) is 0 Å². The van der Waals surface area contributed by atoms with Gasteiger partial charge in [0.25, 0.3) is 0 Å². The van der Waals surface area contributed by atoms with Gasteiger partial charge >= 0.3 is 0 Å². The summed E-state index contributed by atoms with van der Waals surface area (Å²) < 4.78 is 0. The van der Waals surface area contributed by atoms with Crippen LogP contribution in [0.2, 0.25) is 0 Å². The van der Waals surface area contributed by atoms with E-state index in [0.717, 1.165) is 11.8 Å². The number of aromatic hydroxyl groups is 1. The van der Waals surface area contributed by atoms with Gasteiger partial charge in [0.15, 0.2) is 0 Å². The minimum atomic E-state index is 0.341. The predicted octanol–water partition coefficient (Wildman–Crippen LogP) is 4.91. The second kappa shape index (κ2) is 5.01. The van der Waals surface area contributed by atoms with Crippen molar-refractivity contribution in [1.29, 1.82) is 0 Å². The molecule has 2 rings (SSSR count). The average molecular weight is 242 g/mol. The third kappa shape index (κ3) is 2.84. The largest absolute Gasteiger partial charge is 0.508 e. The Balaban J connectivity index is 2.29. The Morgan fingerprint density at radius 2 is 1.89 bits per heavy atom. The molecule has 0 aliphatic carbocycles. The Kier molecular flexibility index (Phi) is 3.60. The lowest BCUT2D eigenvalue weighted by Gasteiger charge is -2.22. The molecule has 1 nitrogen and oxygen atoms in total. The van der Waals surface area contributed by atoms with Crippen LogP contribution in [-0.4, -0.2) is 5.11 Å². The zero-order valence-electron chi connectivity index (χ0n) is 11.5. The quantitative estimate of drug-likeness (QED) is 0.807. The molecule has 0 fully saturated rings. The van der Waals surface area contributed by atoms with Crippen molar-refractivity contribution in [2.24, 2.45) is 5.41 Å². The van der Waals surface area contributed by atoms with Gasteiger partial charge in [0, 0.05) is 0 Å². The topological polar surface area (TPSA) is 20.2 Å². The smallest absolute Gasteiger partial charge is 0.116 e. The summed E-state index contributed by atoms with van der Waals surface area (Å²) in [5, 5.41) is 11.9. The number of phenolic OH excluding ortho intramolecular Hbond substituents is 1. The third-order valence-electron chi connectivity index (χ3n) is 3.98. The molecule has 0 spiro atoms. The van der Waals surface area contributed by atoms with Gasteiger partial charge in [0.2, 0.25) is 0 Å². The molecule has 0 bridgehead atoms. The van der Waals surface area contributed by atoms with Gasteiger partial charge in [-0.15, -0.1) is 0 Å². The van der Waals surface area contributed by atoms with Crippen molar-refractivity contribution >= 4 is 10.8 Å². The van der Waals surface area contributed by atoms with Gasteiger partial charge in [0.05, 0.1) is 0 Å². The van der Waals surface area contributed by atoms with Crippen LogP contribution in [0.5, 0.6) is 5.75 Å². The van der Waals surface area contributed by atoms with Gasteiger partial charge in [-0.25, -0.2) is 0 Å². The first-order chi connectivity index (χ1) is 8.52. The first-order valence-electron chi connectivity index (χ1n) is 6.72. The number of rotatable bonds is 4. The molecule has 18 heavy (non-hydrogen) atoms. The van der Waals surface area contributed by atoms with E-state index in [9.17, 15) is 5.11 Å². The molecule has 1 N–H and O–H groups in total. The van der Waals surface area contributed by atoms with Gasteiger partial charge < -0.3 is 5.11 Å². The summed E-state index contributed by atoms with van der Waals surface area (Å²) in [5.41, 5.74) is 1.79. The molecule has 0 radical (unpaired) electrons. The van der Waals surface area contributed by atoms with Crippen molar-refractivity contribution in [3.8, 4) is 5.75 Å². The molecule has 1 heteroatoms. The molecule has 0 aliphatic rings. The number of hydrogen-bond donors (Lipinski definition) is 1. The van der Waals surface area contributed by atoms with Crippen molar-refractivity contribution in [3.63, 3.8) is 0 Å². The highest BCUT2D eigenvalue weighted by Crippen LogP contribution is 2.29. The average Bonchev–Trinajstić information content (AvgIpc) is 2.36. The highest BCUT2D eigenvalue weighted by molar-refractivity contribution is 5.86. The van der Waals surface area contributed by atoms with Crippen LogP contribution in [0.15, 0.2) is 36.4 Å². The lowest BCUT2D eigenvalue weighted by atomic mass is 9.83. The zero-order chi connectivity index (χ0) is 13.2. The van der Waals surface area contributed by atoms with E-state index in [1.807, 2.05) is 12.1 Å². The highest BCUT2D eigenvalue weighted by Gasteiger charge is 2.15. The molecule has 0 aromatic heterocycles. The van der Waals surface area contributed by atoms with Gasteiger partial charge in [-0.3, -0.25) is 0 Å². The summed E-state index contributed by atoms with van der Waals surface area (Å²) in [7, 11) is 0. The van der Waals surface area contributed by atoms with Crippen LogP contribution < -0.4 is 0 Å². The minimum Gasteiger partial charge on any atom is -0.508 e. The summed E-state index contributed by atoms with van der Waals surface area (Å²) in [6, 6.07) is 12.0. The Morgan fingerprint density at radius 1 is 1.11 bits per heavy atom. The molecule has 0 amide bonds. The maximum atomic E-state index is 9.52. The van der Waals surface area contributed by atoms with Crippen molar-refractivity contribution < 1.29 is 5.11 Å². The molecular weight excluding hydrogens is 220 g/mol. The number of phenols is 1. The number of benzene rings is 2. The zero-order valence-corrected chi connectivity index (χ0v) is 11.5. The Labute approximate surface area is 109 Å². The molecule has 2 aromatic rings. The van der Waals surface area contributed by atoms with Crippen LogP contribution in [0.1, 0.15) is 39.2 Å². The van der Waals surface area contributed by atoms with Crippen LogP contribution in [0.3, 0.4) is 0 Å². The van der Waals surface area contributed by atoms with Crippen LogP contribution in [-0.2, 0) is 6.42 Å². The lowest BCUT2D eigenvalue weighted by Crippen LogP contribution is -2.10. The monoisotopic (exact) mass is 242 g/mol. The molecule has 0 heterocycles. The van der Waals surface area contributed by atoms with E-state index in [-0.39, 0.29) is 0 Å². The summed E-state index contributed by atoms with van der Waals surface area (Å²) in [5.74, 6) is 0.341. The number of fused-ring (bicyclic) bond motifs is 1. The lowest BCUT2D eigenvalue weighted by molar-refractivity contribution is 0.323. The van der Waals surface area contributed by atoms with E-state index < -0.39 is 0 Å². The predicted molar refractivity (Wildman–Crippen MR) is 78.0 cm³/mol. The standard InChI is InChI=1S/C17H22O/c1-4-17(2,3)11-10-13-6-5-7-14-12-15(18)8-9-16(13)14/h5-9,12,18H,4,10-11H2,1-3H3. The Bertz CT molecular complexity index is 540. The summed E-state index contributed by atoms with van der Waals surface area (Å²) in [4.78, 5) is 0. The van der Waals surface area contributed by atoms with Gasteiger partial charge in [-0.05, 0) is 46.7 Å². The minimum absolute atomic E-state index is 0.341. The highest BCUT2D eigenvalue weighted by atomic mass is 16.3. The molecule has 0 saturated carbocycles. The first-order valence-corrected chi connectivity index (χ1v) is 6.72. The summed E-state index contributed by atoms with van der Waals surface area (Å²) in [6.45, 7) is 6.90. The van der Waals surface area contributed by atoms with Crippen LogP contribution in [0.25, 0.3) is 10.8 Å². The molecule has 96 valence electrons. The van der Waals surface area contributed by atoms with E-state index >= 15 is 0 Å². The van der Waals surface area contributed by atoms with Crippen LogP contribution in [0.4, 0.5) is 0 Å². The van der Waals surface area contributed by atoms with E-state index in [0.29, 0.717) is 11.2 Å². The fourth-order valence-corrected chi connectivity index (χ4v) is 2.21. The van der Waals surface area contributed by atoms with E-state index in [1.54, 1.807) is 6.07 Å². The Morgan fingerprint density at radius 3 is 2.61 bits per heavy atom.